The zero-order chi connectivity index (χ0) is 11.4. The zero-order valence-corrected chi connectivity index (χ0v) is 9.19. The second-order valence-electron chi connectivity index (χ2n) is 3.28. The number of halogens is 1. The van der Waals surface area contributed by atoms with E-state index in [1.54, 1.807) is 13.8 Å². The third-order valence-corrected chi connectivity index (χ3v) is 2.33. The number of carboxylic acids is 1. The number of hydrogen-bond donors (Lipinski definition) is 2. The van der Waals surface area contributed by atoms with Crippen LogP contribution in [0.15, 0.2) is 12.4 Å². The molecule has 0 aliphatic carbocycles. The highest BCUT2D eigenvalue weighted by Crippen LogP contribution is 2.11. The molecule has 0 aliphatic heterocycles. The monoisotopic (exact) mass is 229 g/mol. The van der Waals surface area contributed by atoms with Crippen LogP contribution in [-0.2, 0) is 4.79 Å². The molecule has 5 nitrogen and oxygen atoms in total. The van der Waals surface area contributed by atoms with Gasteiger partial charge in [-0.2, -0.15) is 0 Å². The van der Waals surface area contributed by atoms with Crippen LogP contribution in [0.2, 0.25) is 5.15 Å². The molecule has 2 N–H and O–H groups in total. The van der Waals surface area contributed by atoms with Crippen LogP contribution in [0.4, 0.5) is 5.82 Å². The molecular formula is C9H12ClN3O2. The molecule has 0 bridgehead atoms. The van der Waals surface area contributed by atoms with Gasteiger partial charge in [0.2, 0.25) is 0 Å². The van der Waals surface area contributed by atoms with Gasteiger partial charge in [-0.1, -0.05) is 11.6 Å². The molecule has 0 fully saturated rings. The summed E-state index contributed by atoms with van der Waals surface area (Å²) in [5, 5.41) is 12.0. The van der Waals surface area contributed by atoms with Gasteiger partial charge in [-0.3, -0.25) is 4.79 Å². The van der Waals surface area contributed by atoms with E-state index < -0.39 is 11.9 Å². The van der Waals surface area contributed by atoms with Crippen LogP contribution in [0.1, 0.15) is 13.8 Å². The fourth-order valence-corrected chi connectivity index (χ4v) is 1.06. The average Bonchev–Trinajstić information content (AvgIpc) is 2.20. The quantitative estimate of drug-likeness (QED) is 0.821. The molecule has 0 spiro atoms. The summed E-state index contributed by atoms with van der Waals surface area (Å²) in [5.41, 5.74) is 0. The molecule has 0 radical (unpaired) electrons. The Kier molecular flexibility index (Phi) is 3.85. The molecule has 82 valence electrons. The van der Waals surface area contributed by atoms with Crippen molar-refractivity contribution in [1.29, 1.82) is 0 Å². The molecule has 0 saturated carbocycles. The predicted molar refractivity (Wildman–Crippen MR) is 56.9 cm³/mol. The fraction of sp³-hybridized carbons (Fsp3) is 0.444. The van der Waals surface area contributed by atoms with Crippen LogP contribution in [-0.4, -0.2) is 27.1 Å². The van der Waals surface area contributed by atoms with Crippen molar-refractivity contribution in [1.82, 2.24) is 9.97 Å². The van der Waals surface area contributed by atoms with Crippen LogP contribution in [0.3, 0.4) is 0 Å². The van der Waals surface area contributed by atoms with Crippen LogP contribution in [0, 0.1) is 5.92 Å². The van der Waals surface area contributed by atoms with Crippen molar-refractivity contribution in [3.63, 3.8) is 0 Å². The highest BCUT2D eigenvalue weighted by Gasteiger charge is 2.19. The van der Waals surface area contributed by atoms with Gasteiger partial charge >= 0.3 is 5.97 Å². The van der Waals surface area contributed by atoms with Gasteiger partial charge in [-0.05, 0) is 13.8 Å². The lowest BCUT2D eigenvalue weighted by molar-refractivity contribution is -0.141. The van der Waals surface area contributed by atoms with Crippen molar-refractivity contribution in [2.75, 3.05) is 5.32 Å². The first kappa shape index (κ1) is 11.7. The first-order chi connectivity index (χ1) is 7.00. The molecular weight excluding hydrogens is 218 g/mol. The number of carboxylic acid groups (broad SMARTS) is 1. The lowest BCUT2D eigenvalue weighted by atomic mass is 10.0. The van der Waals surface area contributed by atoms with Crippen molar-refractivity contribution in [3.05, 3.63) is 17.5 Å². The van der Waals surface area contributed by atoms with Crippen LogP contribution in [0.5, 0.6) is 0 Å². The predicted octanol–water partition coefficient (Wildman–Crippen LogP) is 1.65. The summed E-state index contributed by atoms with van der Waals surface area (Å²) >= 11 is 5.57. The normalized spacial score (nSPS) is 14.3. The first-order valence-corrected chi connectivity index (χ1v) is 4.85. The van der Waals surface area contributed by atoms with Gasteiger partial charge in [0.1, 0.15) is 11.0 Å². The van der Waals surface area contributed by atoms with Gasteiger partial charge in [0.15, 0.2) is 0 Å². The van der Waals surface area contributed by atoms with Crippen molar-refractivity contribution >= 4 is 23.4 Å². The summed E-state index contributed by atoms with van der Waals surface area (Å²) in [6.07, 6.45) is 2.87. The van der Waals surface area contributed by atoms with Crippen LogP contribution >= 0.6 is 11.6 Å². The van der Waals surface area contributed by atoms with Gasteiger partial charge in [0.25, 0.3) is 0 Å². The third kappa shape index (κ3) is 3.36. The average molecular weight is 230 g/mol. The number of hydrogen-bond acceptors (Lipinski definition) is 4. The SMILES string of the molecule is CC(Nc1cnc(Cl)cn1)C(C)C(=O)O. The summed E-state index contributed by atoms with van der Waals surface area (Å²) in [4.78, 5) is 18.5. The largest absolute Gasteiger partial charge is 0.481 e. The number of rotatable bonds is 4. The van der Waals surface area contributed by atoms with Crippen LogP contribution in [0.25, 0.3) is 0 Å². The number of anilines is 1. The molecule has 15 heavy (non-hydrogen) atoms. The van der Waals surface area contributed by atoms with E-state index in [1.807, 2.05) is 0 Å². The summed E-state index contributed by atoms with van der Waals surface area (Å²) in [6, 6.07) is -0.224. The summed E-state index contributed by atoms with van der Waals surface area (Å²) in [5.74, 6) is -0.834. The highest BCUT2D eigenvalue weighted by molar-refractivity contribution is 6.29. The Labute approximate surface area is 92.5 Å². The summed E-state index contributed by atoms with van der Waals surface area (Å²) < 4.78 is 0. The second-order valence-corrected chi connectivity index (χ2v) is 3.67. The fourth-order valence-electron chi connectivity index (χ4n) is 0.959. The molecule has 2 unspecified atom stereocenters. The molecule has 0 aliphatic rings. The Bertz CT molecular complexity index is 342. The van der Waals surface area contributed by atoms with Crippen molar-refractivity contribution in [2.45, 2.75) is 19.9 Å². The molecule has 0 saturated heterocycles. The standard InChI is InChI=1S/C9H12ClN3O2/c1-5(9(14)15)6(2)13-8-4-11-7(10)3-12-8/h3-6H,1-2H3,(H,12,13)(H,14,15). The van der Waals surface area contributed by atoms with Crippen molar-refractivity contribution in [3.8, 4) is 0 Å². The Morgan fingerprint density at radius 1 is 1.47 bits per heavy atom. The van der Waals surface area contributed by atoms with Crippen molar-refractivity contribution in [2.24, 2.45) is 5.92 Å². The van der Waals surface area contributed by atoms with Gasteiger partial charge in [0.05, 0.1) is 18.3 Å². The van der Waals surface area contributed by atoms with Crippen molar-refractivity contribution < 1.29 is 9.90 Å². The van der Waals surface area contributed by atoms with E-state index in [9.17, 15) is 4.79 Å². The van der Waals surface area contributed by atoms with Gasteiger partial charge in [-0.15, -0.1) is 0 Å². The molecule has 0 amide bonds. The maximum absolute atomic E-state index is 10.7. The molecule has 1 aromatic rings. The lowest BCUT2D eigenvalue weighted by Gasteiger charge is -2.17. The topological polar surface area (TPSA) is 75.1 Å². The number of aromatic nitrogens is 2. The van der Waals surface area contributed by atoms with E-state index in [2.05, 4.69) is 15.3 Å². The van der Waals surface area contributed by atoms with E-state index in [0.29, 0.717) is 11.0 Å². The minimum absolute atomic E-state index is 0.224. The zero-order valence-electron chi connectivity index (χ0n) is 8.44. The smallest absolute Gasteiger partial charge is 0.308 e. The molecule has 0 aromatic carbocycles. The van der Waals surface area contributed by atoms with E-state index in [1.165, 1.54) is 12.4 Å². The molecule has 1 aromatic heterocycles. The van der Waals surface area contributed by atoms with Gasteiger partial charge < -0.3 is 10.4 Å². The van der Waals surface area contributed by atoms with E-state index >= 15 is 0 Å². The van der Waals surface area contributed by atoms with E-state index in [-0.39, 0.29) is 6.04 Å². The minimum atomic E-state index is -0.850. The third-order valence-electron chi connectivity index (χ3n) is 2.14. The number of carbonyl (C=O) groups is 1. The highest BCUT2D eigenvalue weighted by atomic mass is 35.5. The second kappa shape index (κ2) is 4.93. The number of nitrogens with one attached hydrogen (secondary N) is 1. The Morgan fingerprint density at radius 2 is 2.13 bits per heavy atom. The van der Waals surface area contributed by atoms with Crippen LogP contribution < -0.4 is 5.32 Å². The number of aliphatic carboxylic acids is 1. The maximum Gasteiger partial charge on any atom is 0.308 e. The number of nitrogens with zero attached hydrogens (tertiary/aromatic N) is 2. The molecule has 1 heterocycles. The minimum Gasteiger partial charge on any atom is -0.481 e. The molecule has 1 rings (SSSR count). The summed E-state index contributed by atoms with van der Waals surface area (Å²) in [7, 11) is 0. The molecule has 6 heteroatoms. The lowest BCUT2D eigenvalue weighted by Crippen LogP contribution is -2.30. The van der Waals surface area contributed by atoms with E-state index in [0.717, 1.165) is 0 Å². The van der Waals surface area contributed by atoms with Gasteiger partial charge in [0, 0.05) is 6.04 Å². The Morgan fingerprint density at radius 3 is 2.60 bits per heavy atom. The molecule has 2 atom stereocenters. The Balaban J connectivity index is 2.62. The maximum atomic E-state index is 10.7. The summed E-state index contributed by atoms with van der Waals surface area (Å²) in [6.45, 7) is 3.40. The first-order valence-electron chi connectivity index (χ1n) is 4.47. The Hall–Kier alpha value is -1.36. The van der Waals surface area contributed by atoms with Gasteiger partial charge in [-0.25, -0.2) is 9.97 Å². The van der Waals surface area contributed by atoms with E-state index in [4.69, 9.17) is 16.7 Å².